The number of nitrogens with one attached hydrogen (secondary N) is 1. The number of piperidine rings is 1. The molecule has 2 N–H and O–H groups in total. The summed E-state index contributed by atoms with van der Waals surface area (Å²) in [6.07, 6.45) is 0.208. The molecular weight excluding hydrogens is 406 g/mol. The third-order valence-corrected chi connectivity index (χ3v) is 5.64. The van der Waals surface area contributed by atoms with Gasteiger partial charge in [-0.3, -0.25) is 4.79 Å². The van der Waals surface area contributed by atoms with Crippen molar-refractivity contribution in [1.82, 2.24) is 9.88 Å². The van der Waals surface area contributed by atoms with Crippen LogP contribution in [-0.4, -0.2) is 47.2 Å². The zero-order valence-electron chi connectivity index (χ0n) is 16.9. The SMILES string of the molecule is COc1cc(C(=O)N2CC[C@@H](O)[C@H](C)C2)cc2oc(NCc3cccc(Cl)c3)nc12. The molecule has 158 valence electrons. The van der Waals surface area contributed by atoms with Gasteiger partial charge in [0.1, 0.15) is 5.75 Å². The van der Waals surface area contributed by atoms with Crippen molar-refractivity contribution >= 4 is 34.6 Å². The van der Waals surface area contributed by atoms with Crippen LogP contribution in [-0.2, 0) is 6.54 Å². The molecule has 2 atom stereocenters. The van der Waals surface area contributed by atoms with Gasteiger partial charge in [0.25, 0.3) is 11.9 Å². The number of methoxy groups -OCH3 is 1. The minimum atomic E-state index is -0.367. The van der Waals surface area contributed by atoms with E-state index in [4.69, 9.17) is 20.8 Å². The first-order chi connectivity index (χ1) is 14.4. The third-order valence-electron chi connectivity index (χ3n) is 5.41. The van der Waals surface area contributed by atoms with Crippen molar-refractivity contribution in [3.8, 4) is 5.75 Å². The van der Waals surface area contributed by atoms with Gasteiger partial charge in [0.15, 0.2) is 11.1 Å². The summed E-state index contributed by atoms with van der Waals surface area (Å²) in [4.78, 5) is 19.2. The number of rotatable bonds is 5. The number of carbonyl (C=O) groups is 1. The quantitative estimate of drug-likeness (QED) is 0.638. The minimum absolute atomic E-state index is 0.0425. The Hall–Kier alpha value is -2.77. The predicted molar refractivity (Wildman–Crippen MR) is 115 cm³/mol. The zero-order chi connectivity index (χ0) is 21.3. The van der Waals surface area contributed by atoms with Gasteiger partial charge in [-0.1, -0.05) is 30.7 Å². The fourth-order valence-corrected chi connectivity index (χ4v) is 3.89. The van der Waals surface area contributed by atoms with Gasteiger partial charge >= 0.3 is 0 Å². The number of carbonyl (C=O) groups excluding carboxylic acids is 1. The Morgan fingerprint density at radius 1 is 1.40 bits per heavy atom. The Morgan fingerprint density at radius 2 is 2.23 bits per heavy atom. The molecule has 30 heavy (non-hydrogen) atoms. The Labute approximate surface area is 179 Å². The zero-order valence-corrected chi connectivity index (χ0v) is 17.6. The number of fused-ring (bicyclic) bond motifs is 1. The van der Waals surface area contributed by atoms with Crippen LogP contribution >= 0.6 is 11.6 Å². The van der Waals surface area contributed by atoms with Crippen molar-refractivity contribution in [2.45, 2.75) is 26.0 Å². The summed E-state index contributed by atoms with van der Waals surface area (Å²) in [5.41, 5.74) is 2.48. The molecule has 1 aliphatic rings. The number of hydrogen-bond donors (Lipinski definition) is 2. The summed E-state index contributed by atoms with van der Waals surface area (Å²) < 4.78 is 11.3. The number of aromatic nitrogens is 1. The average molecular weight is 430 g/mol. The van der Waals surface area contributed by atoms with E-state index in [1.807, 2.05) is 31.2 Å². The molecule has 2 aromatic carbocycles. The largest absolute Gasteiger partial charge is 0.494 e. The summed E-state index contributed by atoms with van der Waals surface area (Å²) in [5, 5.41) is 13.7. The number of likely N-dealkylation sites (tertiary alicyclic amines) is 1. The van der Waals surface area contributed by atoms with Crippen LogP contribution in [0.15, 0.2) is 40.8 Å². The van der Waals surface area contributed by atoms with Crippen LogP contribution in [0.2, 0.25) is 5.02 Å². The van der Waals surface area contributed by atoms with Crippen molar-refractivity contribution in [3.63, 3.8) is 0 Å². The number of halogens is 1. The number of oxazole rings is 1. The first-order valence-electron chi connectivity index (χ1n) is 9.89. The van der Waals surface area contributed by atoms with E-state index in [1.165, 1.54) is 7.11 Å². The molecule has 1 fully saturated rings. The maximum atomic E-state index is 13.0. The van der Waals surface area contributed by atoms with Crippen LogP contribution in [0.3, 0.4) is 0 Å². The van der Waals surface area contributed by atoms with Crippen molar-refractivity contribution in [2.24, 2.45) is 5.92 Å². The Balaban J connectivity index is 1.56. The molecule has 0 saturated carbocycles. The predicted octanol–water partition coefficient (Wildman–Crippen LogP) is 3.94. The van der Waals surface area contributed by atoms with E-state index < -0.39 is 0 Å². The summed E-state index contributed by atoms with van der Waals surface area (Å²) in [5.74, 6) is 0.403. The van der Waals surface area contributed by atoms with E-state index in [0.717, 1.165) is 5.56 Å². The average Bonchev–Trinajstić information content (AvgIpc) is 3.16. The molecule has 1 aliphatic heterocycles. The van der Waals surface area contributed by atoms with Gasteiger partial charge in [-0.2, -0.15) is 4.98 Å². The maximum Gasteiger partial charge on any atom is 0.296 e. The van der Waals surface area contributed by atoms with Crippen molar-refractivity contribution in [2.75, 3.05) is 25.5 Å². The maximum absolute atomic E-state index is 13.0. The summed E-state index contributed by atoms with van der Waals surface area (Å²) in [6, 6.07) is 11.2. The Bertz CT molecular complexity index is 1070. The molecule has 4 rings (SSSR count). The first-order valence-corrected chi connectivity index (χ1v) is 10.3. The van der Waals surface area contributed by atoms with Gasteiger partial charge < -0.3 is 24.5 Å². The highest BCUT2D eigenvalue weighted by atomic mass is 35.5. The molecule has 0 spiro atoms. The van der Waals surface area contributed by atoms with Gasteiger partial charge in [-0.05, 0) is 42.2 Å². The molecule has 0 bridgehead atoms. The topological polar surface area (TPSA) is 87.8 Å². The number of aliphatic hydroxyl groups excluding tert-OH is 1. The number of hydrogen-bond acceptors (Lipinski definition) is 6. The van der Waals surface area contributed by atoms with Crippen molar-refractivity contribution in [1.29, 1.82) is 0 Å². The molecule has 1 aromatic heterocycles. The van der Waals surface area contributed by atoms with Gasteiger partial charge in [-0.25, -0.2) is 0 Å². The molecule has 1 amide bonds. The van der Waals surface area contributed by atoms with Gasteiger partial charge in [0, 0.05) is 30.2 Å². The highest BCUT2D eigenvalue weighted by molar-refractivity contribution is 6.30. The van der Waals surface area contributed by atoms with E-state index in [9.17, 15) is 9.90 Å². The second-order valence-electron chi connectivity index (χ2n) is 7.61. The fourth-order valence-electron chi connectivity index (χ4n) is 3.68. The van der Waals surface area contributed by atoms with Crippen LogP contribution in [0.1, 0.15) is 29.3 Å². The lowest BCUT2D eigenvalue weighted by molar-refractivity contribution is 0.0297. The van der Waals surface area contributed by atoms with E-state index in [1.54, 1.807) is 17.0 Å². The smallest absolute Gasteiger partial charge is 0.296 e. The van der Waals surface area contributed by atoms with Crippen LogP contribution < -0.4 is 10.1 Å². The second-order valence-corrected chi connectivity index (χ2v) is 8.05. The van der Waals surface area contributed by atoms with Crippen molar-refractivity contribution < 1.29 is 19.1 Å². The van der Waals surface area contributed by atoms with E-state index >= 15 is 0 Å². The van der Waals surface area contributed by atoms with E-state index in [0.29, 0.717) is 59.5 Å². The highest BCUT2D eigenvalue weighted by Crippen LogP contribution is 2.31. The molecule has 2 heterocycles. The van der Waals surface area contributed by atoms with Crippen molar-refractivity contribution in [3.05, 3.63) is 52.5 Å². The normalized spacial score (nSPS) is 19.1. The number of benzene rings is 2. The Morgan fingerprint density at radius 3 is 2.97 bits per heavy atom. The molecule has 7 nitrogen and oxygen atoms in total. The summed E-state index contributed by atoms with van der Waals surface area (Å²) >= 11 is 6.03. The molecule has 3 aromatic rings. The molecule has 1 saturated heterocycles. The molecule has 0 radical (unpaired) electrons. The molecular formula is C22H24ClN3O4. The monoisotopic (exact) mass is 429 g/mol. The lowest BCUT2D eigenvalue weighted by atomic mass is 9.96. The number of amides is 1. The van der Waals surface area contributed by atoms with Gasteiger partial charge in [0.2, 0.25) is 0 Å². The number of ether oxygens (including phenoxy) is 1. The van der Waals surface area contributed by atoms with Crippen LogP contribution in [0.5, 0.6) is 5.75 Å². The summed E-state index contributed by atoms with van der Waals surface area (Å²) in [7, 11) is 1.54. The summed E-state index contributed by atoms with van der Waals surface area (Å²) in [6.45, 7) is 3.48. The first kappa shape index (κ1) is 20.5. The Kier molecular flexibility index (Phi) is 5.83. The number of aliphatic hydroxyl groups is 1. The molecule has 0 aliphatic carbocycles. The van der Waals surface area contributed by atoms with Gasteiger partial charge in [0.05, 0.1) is 13.2 Å². The van der Waals surface area contributed by atoms with Crippen LogP contribution in [0, 0.1) is 5.92 Å². The highest BCUT2D eigenvalue weighted by Gasteiger charge is 2.28. The van der Waals surface area contributed by atoms with Crippen LogP contribution in [0.25, 0.3) is 11.1 Å². The minimum Gasteiger partial charge on any atom is -0.494 e. The van der Waals surface area contributed by atoms with Crippen LogP contribution in [0.4, 0.5) is 6.01 Å². The van der Waals surface area contributed by atoms with E-state index in [-0.39, 0.29) is 17.9 Å². The van der Waals surface area contributed by atoms with E-state index in [2.05, 4.69) is 10.3 Å². The lowest BCUT2D eigenvalue weighted by Crippen LogP contribution is -2.44. The number of nitrogens with zero attached hydrogens (tertiary/aromatic N) is 2. The van der Waals surface area contributed by atoms with Gasteiger partial charge in [-0.15, -0.1) is 0 Å². The second kappa shape index (κ2) is 8.53. The lowest BCUT2D eigenvalue weighted by Gasteiger charge is -2.34. The standard InChI is InChI=1S/C22H24ClN3O4/c1-13-12-26(7-6-17(13)27)21(28)15-9-18(29-2)20-19(10-15)30-22(25-20)24-11-14-4-3-5-16(23)8-14/h3-5,8-10,13,17,27H,6-7,11-12H2,1-2H3,(H,24,25)/t13-,17-/m1/s1. The third kappa shape index (κ3) is 4.22. The molecule has 8 heteroatoms. The number of anilines is 1. The fraction of sp³-hybridized carbons (Fsp3) is 0.364. The molecule has 0 unspecified atom stereocenters.